The van der Waals surface area contributed by atoms with Gasteiger partial charge in [-0.25, -0.2) is 0 Å². The molecule has 0 radical (unpaired) electrons. The lowest BCUT2D eigenvalue weighted by Crippen LogP contribution is -2.16. The van der Waals surface area contributed by atoms with Gasteiger partial charge in [-0.3, -0.25) is 0 Å². The fraction of sp³-hybridized carbons (Fsp3) is 0.833. The molecular weight excluding hydrogens is 202 g/mol. The van der Waals surface area contributed by atoms with Crippen molar-refractivity contribution in [1.29, 1.82) is 0 Å². The predicted octanol–water partition coefficient (Wildman–Crippen LogP) is 2.19. The molecule has 1 heterocycles. The summed E-state index contributed by atoms with van der Waals surface area (Å²) in [6.45, 7) is 11.7. The zero-order valence-corrected chi connectivity index (χ0v) is 10.9. The van der Waals surface area contributed by atoms with Gasteiger partial charge in [0.15, 0.2) is 5.82 Å². The Kier molecular flexibility index (Phi) is 4.47. The average molecular weight is 225 g/mol. The van der Waals surface area contributed by atoms with Gasteiger partial charge in [-0.2, -0.15) is 0 Å². The number of hydrogen-bond donors (Lipinski definition) is 1. The molecule has 1 aromatic heterocycles. The highest BCUT2D eigenvalue weighted by molar-refractivity contribution is 5.01. The second-order valence-corrected chi connectivity index (χ2v) is 5.17. The van der Waals surface area contributed by atoms with Crippen LogP contribution in [-0.4, -0.2) is 19.9 Å². The second kappa shape index (κ2) is 5.43. The lowest BCUT2D eigenvalue weighted by molar-refractivity contribution is 0.261. The van der Waals surface area contributed by atoms with Crippen molar-refractivity contribution < 1.29 is 5.11 Å². The van der Waals surface area contributed by atoms with Crippen molar-refractivity contribution in [3.63, 3.8) is 0 Å². The van der Waals surface area contributed by atoms with E-state index in [0.717, 1.165) is 12.4 Å². The first kappa shape index (κ1) is 13.2. The predicted molar refractivity (Wildman–Crippen MR) is 64.0 cm³/mol. The van der Waals surface area contributed by atoms with Crippen molar-refractivity contribution in [3.05, 3.63) is 11.6 Å². The van der Waals surface area contributed by atoms with E-state index in [1.54, 1.807) is 0 Å². The largest absolute Gasteiger partial charge is 0.388 e. The van der Waals surface area contributed by atoms with Crippen LogP contribution in [0.5, 0.6) is 0 Å². The van der Waals surface area contributed by atoms with E-state index in [1.807, 2.05) is 0 Å². The van der Waals surface area contributed by atoms with Crippen LogP contribution in [0.2, 0.25) is 0 Å². The van der Waals surface area contributed by atoms with E-state index < -0.39 is 0 Å². The standard InChI is InChI=1S/C12H23N3O/c1-8(2)6-15-11(7-16)13-14-12(15)10(5)9(3)4/h8-10,16H,6-7H2,1-5H3. The molecule has 92 valence electrons. The van der Waals surface area contributed by atoms with Crippen LogP contribution in [0, 0.1) is 11.8 Å². The molecule has 0 amide bonds. The van der Waals surface area contributed by atoms with Crippen molar-refractivity contribution >= 4 is 0 Å². The molecule has 4 heteroatoms. The zero-order chi connectivity index (χ0) is 12.3. The van der Waals surface area contributed by atoms with Gasteiger partial charge in [-0.15, -0.1) is 10.2 Å². The van der Waals surface area contributed by atoms with Crippen LogP contribution in [0.4, 0.5) is 0 Å². The molecule has 1 rings (SSSR count). The van der Waals surface area contributed by atoms with Crippen molar-refractivity contribution in [2.24, 2.45) is 11.8 Å². The molecule has 0 saturated heterocycles. The molecule has 0 fully saturated rings. The Morgan fingerprint density at radius 2 is 1.75 bits per heavy atom. The molecule has 0 bridgehead atoms. The molecule has 16 heavy (non-hydrogen) atoms. The Bertz CT molecular complexity index is 331. The quantitative estimate of drug-likeness (QED) is 0.835. The van der Waals surface area contributed by atoms with Crippen LogP contribution in [0.25, 0.3) is 0 Å². The summed E-state index contributed by atoms with van der Waals surface area (Å²) in [5, 5.41) is 17.5. The van der Waals surface area contributed by atoms with Crippen molar-refractivity contribution in [2.45, 2.75) is 53.7 Å². The summed E-state index contributed by atoms with van der Waals surface area (Å²) in [4.78, 5) is 0. The van der Waals surface area contributed by atoms with E-state index in [1.165, 1.54) is 0 Å². The van der Waals surface area contributed by atoms with Gasteiger partial charge in [0, 0.05) is 12.5 Å². The molecule has 0 aromatic carbocycles. The van der Waals surface area contributed by atoms with Gasteiger partial charge >= 0.3 is 0 Å². The Labute approximate surface area is 97.7 Å². The monoisotopic (exact) mass is 225 g/mol. The summed E-state index contributed by atoms with van der Waals surface area (Å²) < 4.78 is 2.06. The van der Waals surface area contributed by atoms with Gasteiger partial charge in [0.05, 0.1) is 0 Å². The smallest absolute Gasteiger partial charge is 0.158 e. The number of hydrogen-bond acceptors (Lipinski definition) is 3. The number of rotatable bonds is 5. The number of aliphatic hydroxyl groups is 1. The second-order valence-electron chi connectivity index (χ2n) is 5.17. The molecule has 4 nitrogen and oxygen atoms in total. The van der Waals surface area contributed by atoms with Gasteiger partial charge in [0.25, 0.3) is 0 Å². The fourth-order valence-corrected chi connectivity index (χ4v) is 1.67. The Hall–Kier alpha value is -0.900. The van der Waals surface area contributed by atoms with E-state index in [9.17, 15) is 5.11 Å². The maximum atomic E-state index is 9.24. The highest BCUT2D eigenvalue weighted by atomic mass is 16.3. The van der Waals surface area contributed by atoms with E-state index in [4.69, 9.17) is 0 Å². The summed E-state index contributed by atoms with van der Waals surface area (Å²) in [6.07, 6.45) is 0. The summed E-state index contributed by atoms with van der Waals surface area (Å²) in [5.74, 6) is 3.09. The molecule has 0 aliphatic rings. The summed E-state index contributed by atoms with van der Waals surface area (Å²) in [6, 6.07) is 0. The first-order valence-electron chi connectivity index (χ1n) is 6.00. The molecule has 1 aromatic rings. The molecule has 1 atom stereocenters. The molecular formula is C12H23N3O. The first-order valence-corrected chi connectivity index (χ1v) is 6.00. The first-order chi connectivity index (χ1) is 7.47. The van der Waals surface area contributed by atoms with Crippen LogP contribution in [-0.2, 0) is 13.2 Å². The third-order valence-electron chi connectivity index (χ3n) is 2.95. The number of nitrogens with zero attached hydrogens (tertiary/aromatic N) is 3. The molecule has 1 unspecified atom stereocenters. The molecule has 0 aliphatic heterocycles. The zero-order valence-electron chi connectivity index (χ0n) is 10.9. The minimum Gasteiger partial charge on any atom is -0.388 e. The minimum atomic E-state index is -0.0372. The highest BCUT2D eigenvalue weighted by Crippen LogP contribution is 2.23. The molecule has 1 N–H and O–H groups in total. The highest BCUT2D eigenvalue weighted by Gasteiger charge is 2.20. The molecule has 0 aliphatic carbocycles. The van der Waals surface area contributed by atoms with Gasteiger partial charge in [-0.05, 0) is 11.8 Å². The minimum absolute atomic E-state index is 0.0372. The summed E-state index contributed by atoms with van der Waals surface area (Å²) in [7, 11) is 0. The van der Waals surface area contributed by atoms with E-state index in [0.29, 0.717) is 23.6 Å². The summed E-state index contributed by atoms with van der Waals surface area (Å²) >= 11 is 0. The van der Waals surface area contributed by atoms with Crippen LogP contribution in [0.3, 0.4) is 0 Å². The van der Waals surface area contributed by atoms with Crippen molar-refractivity contribution in [2.75, 3.05) is 0 Å². The average Bonchev–Trinajstić information content (AvgIpc) is 2.58. The van der Waals surface area contributed by atoms with Crippen molar-refractivity contribution in [1.82, 2.24) is 14.8 Å². The van der Waals surface area contributed by atoms with Gasteiger partial charge in [-0.1, -0.05) is 34.6 Å². The third kappa shape index (κ3) is 2.82. The maximum absolute atomic E-state index is 9.24. The van der Waals surface area contributed by atoms with Crippen LogP contribution >= 0.6 is 0 Å². The Morgan fingerprint density at radius 3 is 2.19 bits per heavy atom. The lowest BCUT2D eigenvalue weighted by Gasteiger charge is -2.18. The van der Waals surface area contributed by atoms with Gasteiger partial charge < -0.3 is 9.67 Å². The molecule has 0 saturated carbocycles. The van der Waals surface area contributed by atoms with Crippen LogP contribution in [0.1, 0.15) is 52.2 Å². The van der Waals surface area contributed by atoms with Gasteiger partial charge in [0.1, 0.15) is 12.4 Å². The molecule has 0 spiro atoms. The van der Waals surface area contributed by atoms with E-state index in [2.05, 4.69) is 49.4 Å². The Balaban J connectivity index is 3.04. The van der Waals surface area contributed by atoms with E-state index in [-0.39, 0.29) is 6.61 Å². The third-order valence-corrected chi connectivity index (χ3v) is 2.95. The van der Waals surface area contributed by atoms with Gasteiger partial charge in [0.2, 0.25) is 0 Å². The fourth-order valence-electron chi connectivity index (χ4n) is 1.67. The van der Waals surface area contributed by atoms with Crippen LogP contribution in [0.15, 0.2) is 0 Å². The Morgan fingerprint density at radius 1 is 1.12 bits per heavy atom. The maximum Gasteiger partial charge on any atom is 0.158 e. The number of aliphatic hydroxyl groups excluding tert-OH is 1. The van der Waals surface area contributed by atoms with Crippen molar-refractivity contribution in [3.8, 4) is 0 Å². The lowest BCUT2D eigenvalue weighted by atomic mass is 9.97. The number of aromatic nitrogens is 3. The van der Waals surface area contributed by atoms with E-state index >= 15 is 0 Å². The normalized spacial score (nSPS) is 13.8. The topological polar surface area (TPSA) is 50.9 Å². The SMILES string of the molecule is CC(C)Cn1c(CO)nnc1C(C)C(C)C. The van der Waals surface area contributed by atoms with Crippen LogP contribution < -0.4 is 0 Å². The summed E-state index contributed by atoms with van der Waals surface area (Å²) in [5.41, 5.74) is 0.